The van der Waals surface area contributed by atoms with Gasteiger partial charge in [0.15, 0.2) is 0 Å². The van der Waals surface area contributed by atoms with Crippen LogP contribution in [0.1, 0.15) is 219 Å². The van der Waals surface area contributed by atoms with Crippen LogP contribution in [0.15, 0.2) is 12.2 Å². The number of carbonyl (C=O) groups excluding carboxylic acids is 1. The quantitative estimate of drug-likeness (QED) is 0.0199. The van der Waals surface area contributed by atoms with Gasteiger partial charge < -0.3 is 27.9 Å². The Morgan fingerprint density at radius 3 is 1.38 bits per heavy atom. The van der Waals surface area contributed by atoms with Crippen LogP contribution in [0.25, 0.3) is 0 Å². The number of phosphoric acid groups is 1. The van der Waals surface area contributed by atoms with E-state index in [0.717, 1.165) is 32.1 Å². The predicted molar refractivity (Wildman–Crippen MR) is 231 cm³/mol. The molecule has 0 amide bonds. The molecule has 0 radical (unpaired) electrons. The summed E-state index contributed by atoms with van der Waals surface area (Å²) >= 11 is 0. The minimum Gasteiger partial charge on any atom is -0.756 e. The molecule has 0 spiro atoms. The number of phosphoric ester groups is 1. The Labute approximate surface area is 341 Å². The predicted octanol–water partition coefficient (Wildman–Crippen LogP) is 13.2. The van der Waals surface area contributed by atoms with Crippen molar-refractivity contribution in [1.29, 1.82) is 0 Å². The molecule has 0 aromatic rings. The number of ether oxygens (including phenoxy) is 2. The van der Waals surface area contributed by atoms with Gasteiger partial charge in [-0.25, -0.2) is 0 Å². The van der Waals surface area contributed by atoms with Gasteiger partial charge in [0.1, 0.15) is 19.3 Å². The number of quaternary nitrogens is 1. The van der Waals surface area contributed by atoms with E-state index in [-0.39, 0.29) is 25.8 Å². The lowest BCUT2D eigenvalue weighted by molar-refractivity contribution is -0.870. The monoisotopic (exact) mass is 802 g/mol. The second kappa shape index (κ2) is 40.0. The van der Waals surface area contributed by atoms with Crippen molar-refractivity contribution in [2.75, 3.05) is 54.1 Å². The van der Waals surface area contributed by atoms with Gasteiger partial charge >= 0.3 is 5.97 Å². The Balaban J connectivity index is 4.08. The largest absolute Gasteiger partial charge is 0.756 e. The number of hydrogen-bond acceptors (Lipinski definition) is 7. The number of allylic oxidation sites excluding steroid dienone is 2. The standard InChI is InChI=1S/C46H92NO7P/c1-6-8-10-12-14-16-18-19-20-21-22-23-24-25-26-27-28-30-32-34-36-38-41-51-43-45(44-53-55(49,50)52-42-40-47(3,4)5)54-46(48)39-37-35-33-31-29-17-15-13-11-9-7-2/h21-22,45H,6-20,23-44H2,1-5H3/b22-21-. The Kier molecular flexibility index (Phi) is 39.5. The third-order valence-electron chi connectivity index (χ3n) is 10.3. The maximum Gasteiger partial charge on any atom is 0.306 e. The number of unbranched alkanes of at least 4 members (excludes halogenated alkanes) is 28. The molecule has 0 aliphatic carbocycles. The SMILES string of the molecule is CCCCCCCCCC/C=C\CCCCCCCCCCCCOCC(COP(=O)([O-])OCC[N+](C)(C)C)OC(=O)CCCCCCCCCCCCC. The molecule has 0 aliphatic heterocycles. The van der Waals surface area contributed by atoms with Crippen molar-refractivity contribution < 1.29 is 37.3 Å². The summed E-state index contributed by atoms with van der Waals surface area (Å²) in [4.78, 5) is 25.0. The highest BCUT2D eigenvalue weighted by atomic mass is 31.2. The second-order valence-corrected chi connectivity index (χ2v) is 18.5. The minimum atomic E-state index is -4.52. The van der Waals surface area contributed by atoms with Gasteiger partial charge in [0.05, 0.1) is 34.4 Å². The topological polar surface area (TPSA) is 94.1 Å². The first-order chi connectivity index (χ1) is 26.6. The van der Waals surface area contributed by atoms with E-state index in [0.29, 0.717) is 24.1 Å². The third kappa shape index (κ3) is 44.2. The molecule has 0 heterocycles. The summed E-state index contributed by atoms with van der Waals surface area (Å²) in [6, 6.07) is 0. The Bertz CT molecular complexity index is 894. The summed E-state index contributed by atoms with van der Waals surface area (Å²) in [6.45, 7) is 5.44. The zero-order valence-electron chi connectivity index (χ0n) is 37.1. The summed E-state index contributed by atoms with van der Waals surface area (Å²) in [5, 5.41) is 0. The number of likely N-dealkylation sites (N-methyl/N-ethyl adjacent to an activating group) is 1. The summed E-state index contributed by atoms with van der Waals surface area (Å²) in [5.41, 5.74) is 0. The van der Waals surface area contributed by atoms with Crippen LogP contribution in [0.3, 0.4) is 0 Å². The number of hydrogen-bond donors (Lipinski definition) is 0. The van der Waals surface area contributed by atoms with Crippen molar-refractivity contribution in [2.45, 2.75) is 225 Å². The molecule has 328 valence electrons. The number of esters is 1. The normalized spacial score (nSPS) is 13.8. The van der Waals surface area contributed by atoms with Gasteiger partial charge in [0, 0.05) is 13.0 Å². The third-order valence-corrected chi connectivity index (χ3v) is 11.3. The van der Waals surface area contributed by atoms with Crippen LogP contribution in [0, 0.1) is 0 Å². The highest BCUT2D eigenvalue weighted by Crippen LogP contribution is 2.38. The zero-order valence-corrected chi connectivity index (χ0v) is 38.0. The first-order valence-electron chi connectivity index (χ1n) is 23.4. The van der Waals surface area contributed by atoms with Gasteiger partial charge in [0.2, 0.25) is 0 Å². The smallest absolute Gasteiger partial charge is 0.306 e. The lowest BCUT2D eigenvalue weighted by Gasteiger charge is -2.28. The Hall–Kier alpha value is -0.760. The molecule has 0 saturated carbocycles. The summed E-state index contributed by atoms with van der Waals surface area (Å²) in [6.07, 6.45) is 43.7. The average molecular weight is 802 g/mol. The molecule has 55 heavy (non-hydrogen) atoms. The summed E-state index contributed by atoms with van der Waals surface area (Å²) < 4.78 is 34.6. The molecule has 0 fully saturated rings. The molecular formula is C46H92NO7P. The summed E-state index contributed by atoms with van der Waals surface area (Å²) in [7, 11) is 1.37. The number of nitrogens with zero attached hydrogens (tertiary/aromatic N) is 1. The lowest BCUT2D eigenvalue weighted by Crippen LogP contribution is -2.37. The maximum atomic E-state index is 12.6. The van der Waals surface area contributed by atoms with Gasteiger partial charge in [0.25, 0.3) is 7.82 Å². The highest BCUT2D eigenvalue weighted by Gasteiger charge is 2.20. The van der Waals surface area contributed by atoms with Crippen molar-refractivity contribution in [3.63, 3.8) is 0 Å². The minimum absolute atomic E-state index is 0.0292. The first kappa shape index (κ1) is 54.2. The van der Waals surface area contributed by atoms with Crippen molar-refractivity contribution in [2.24, 2.45) is 0 Å². The van der Waals surface area contributed by atoms with E-state index >= 15 is 0 Å². The van der Waals surface area contributed by atoms with E-state index in [9.17, 15) is 14.3 Å². The van der Waals surface area contributed by atoms with E-state index in [1.54, 1.807) is 0 Å². The highest BCUT2D eigenvalue weighted by molar-refractivity contribution is 7.45. The van der Waals surface area contributed by atoms with E-state index in [1.165, 1.54) is 167 Å². The molecular weight excluding hydrogens is 709 g/mol. The molecule has 2 atom stereocenters. The van der Waals surface area contributed by atoms with Gasteiger partial charge in [-0.1, -0.05) is 187 Å². The molecule has 2 unspecified atom stereocenters. The molecule has 0 aromatic carbocycles. The fourth-order valence-corrected chi connectivity index (χ4v) is 7.39. The second-order valence-electron chi connectivity index (χ2n) is 17.1. The van der Waals surface area contributed by atoms with Crippen LogP contribution in [0.2, 0.25) is 0 Å². The van der Waals surface area contributed by atoms with E-state index in [4.69, 9.17) is 18.5 Å². The van der Waals surface area contributed by atoms with Crippen LogP contribution in [0.5, 0.6) is 0 Å². The van der Waals surface area contributed by atoms with Crippen molar-refractivity contribution in [3.8, 4) is 0 Å². The van der Waals surface area contributed by atoms with E-state index in [1.807, 2.05) is 21.1 Å². The molecule has 0 saturated heterocycles. The molecule has 0 bridgehead atoms. The van der Waals surface area contributed by atoms with E-state index < -0.39 is 13.9 Å². The van der Waals surface area contributed by atoms with Gasteiger partial charge in [-0.3, -0.25) is 9.36 Å². The van der Waals surface area contributed by atoms with E-state index in [2.05, 4.69) is 26.0 Å². The van der Waals surface area contributed by atoms with Crippen LogP contribution in [0.4, 0.5) is 0 Å². The molecule has 0 aliphatic rings. The zero-order chi connectivity index (χ0) is 40.6. The van der Waals surface area contributed by atoms with Gasteiger partial charge in [-0.05, 0) is 38.5 Å². The first-order valence-corrected chi connectivity index (χ1v) is 24.9. The molecule has 0 N–H and O–H groups in total. The fourth-order valence-electron chi connectivity index (χ4n) is 6.66. The fraction of sp³-hybridized carbons (Fsp3) is 0.935. The molecule has 0 aromatic heterocycles. The number of rotatable bonds is 44. The van der Waals surface area contributed by atoms with Crippen molar-refractivity contribution in [1.82, 2.24) is 0 Å². The van der Waals surface area contributed by atoms with Gasteiger partial charge in [-0.2, -0.15) is 0 Å². The average Bonchev–Trinajstić information content (AvgIpc) is 3.13. The van der Waals surface area contributed by atoms with Crippen molar-refractivity contribution >= 4 is 13.8 Å². The summed E-state index contributed by atoms with van der Waals surface area (Å²) in [5.74, 6) is -0.332. The van der Waals surface area contributed by atoms with Gasteiger partial charge in [-0.15, -0.1) is 0 Å². The van der Waals surface area contributed by atoms with Crippen LogP contribution in [-0.2, 0) is 27.9 Å². The van der Waals surface area contributed by atoms with Crippen LogP contribution < -0.4 is 4.89 Å². The lowest BCUT2D eigenvalue weighted by atomic mass is 10.1. The molecule has 8 nitrogen and oxygen atoms in total. The number of carbonyl (C=O) groups is 1. The Morgan fingerprint density at radius 1 is 0.545 bits per heavy atom. The van der Waals surface area contributed by atoms with Crippen LogP contribution in [-0.4, -0.2) is 70.7 Å². The van der Waals surface area contributed by atoms with Crippen LogP contribution >= 0.6 is 7.82 Å². The molecule has 0 rings (SSSR count). The molecule has 9 heteroatoms. The van der Waals surface area contributed by atoms with Crippen molar-refractivity contribution in [3.05, 3.63) is 12.2 Å². The Morgan fingerprint density at radius 2 is 0.945 bits per heavy atom. The maximum absolute atomic E-state index is 12.6.